The Morgan fingerprint density at radius 2 is 1.95 bits per heavy atom. The first-order valence-corrected chi connectivity index (χ1v) is 6.73. The predicted molar refractivity (Wildman–Crippen MR) is 73.3 cm³/mol. The lowest BCUT2D eigenvalue weighted by Crippen LogP contribution is -2.25. The summed E-state index contributed by atoms with van der Waals surface area (Å²) in [4.78, 5) is 0. The molecule has 1 heterocycles. The van der Waals surface area contributed by atoms with Crippen molar-refractivity contribution in [3.05, 3.63) is 47.5 Å². The lowest BCUT2D eigenvalue weighted by molar-refractivity contribution is -0.197. The molecule has 0 aromatic heterocycles. The molecule has 0 unspecified atom stereocenters. The molecule has 1 saturated heterocycles. The van der Waals surface area contributed by atoms with E-state index < -0.39 is 0 Å². The van der Waals surface area contributed by atoms with Gasteiger partial charge in [-0.3, -0.25) is 0 Å². The van der Waals surface area contributed by atoms with Gasteiger partial charge in [-0.05, 0) is 18.6 Å². The molecule has 0 radical (unpaired) electrons. The molecule has 0 amide bonds. The maximum atomic E-state index is 8.76. The summed E-state index contributed by atoms with van der Waals surface area (Å²) in [5, 5.41) is 8.76. The molecule has 1 aromatic carbocycles. The first kappa shape index (κ1) is 13.8. The summed E-state index contributed by atoms with van der Waals surface area (Å²) < 4.78 is 11.4. The van der Waals surface area contributed by atoms with Gasteiger partial charge >= 0.3 is 0 Å². The van der Waals surface area contributed by atoms with Crippen LogP contribution in [-0.2, 0) is 9.47 Å². The van der Waals surface area contributed by atoms with Crippen LogP contribution in [0, 0.1) is 17.2 Å². The zero-order valence-electron chi connectivity index (χ0n) is 11.2. The smallest absolute Gasteiger partial charge is 0.183 e. The summed E-state index contributed by atoms with van der Waals surface area (Å²) >= 11 is 0. The van der Waals surface area contributed by atoms with E-state index in [9.17, 15) is 0 Å². The van der Waals surface area contributed by atoms with E-state index in [0.717, 1.165) is 12.0 Å². The number of nitrogens with zero attached hydrogens (tertiary/aromatic N) is 1. The van der Waals surface area contributed by atoms with E-state index in [0.29, 0.717) is 24.7 Å². The number of allylic oxidation sites excluding steroid dienone is 1. The second-order valence-corrected chi connectivity index (χ2v) is 4.71. The minimum Gasteiger partial charge on any atom is -0.348 e. The topological polar surface area (TPSA) is 42.2 Å². The molecule has 0 spiro atoms. The zero-order chi connectivity index (χ0) is 13.5. The van der Waals surface area contributed by atoms with E-state index in [-0.39, 0.29) is 6.29 Å². The van der Waals surface area contributed by atoms with E-state index in [1.165, 1.54) is 6.42 Å². The molecule has 1 fully saturated rings. The minimum atomic E-state index is -0.302. The van der Waals surface area contributed by atoms with Crippen molar-refractivity contribution in [1.82, 2.24) is 0 Å². The van der Waals surface area contributed by atoms with Gasteiger partial charge in [0.05, 0.1) is 24.8 Å². The number of ether oxygens (including phenoxy) is 2. The number of unbranched alkanes of at least 4 members (excludes halogenated alkanes) is 1. The molecule has 1 aromatic rings. The minimum absolute atomic E-state index is 0.302. The summed E-state index contributed by atoms with van der Waals surface area (Å²) in [6.45, 7) is 3.54. The summed E-state index contributed by atoms with van der Waals surface area (Å²) in [5.74, 6) is 0.348. The summed E-state index contributed by atoms with van der Waals surface area (Å²) in [6.07, 6.45) is 6.34. The molecule has 1 aliphatic heterocycles. The Kier molecular flexibility index (Phi) is 5.14. The summed E-state index contributed by atoms with van der Waals surface area (Å²) in [5.41, 5.74) is 1.62. The number of nitriles is 1. The fourth-order valence-electron chi connectivity index (χ4n) is 1.99. The van der Waals surface area contributed by atoms with Gasteiger partial charge in [0.2, 0.25) is 0 Å². The first-order chi connectivity index (χ1) is 9.33. The normalized spacial score (nSPS) is 23.4. The summed E-state index contributed by atoms with van der Waals surface area (Å²) in [6, 6.07) is 9.45. The average molecular weight is 257 g/mol. The zero-order valence-corrected chi connectivity index (χ0v) is 11.2. The Balaban J connectivity index is 1.87. The molecule has 3 heteroatoms. The quantitative estimate of drug-likeness (QED) is 0.774. The van der Waals surface area contributed by atoms with Crippen LogP contribution in [0.5, 0.6) is 0 Å². The standard InChI is InChI=1S/C16H19NO2/c1-2-3-4-5-14-11-18-16(19-12-14)15-8-6-13(10-17)7-9-15/h4-9,14,16H,2-3,11-12H2,1H3/b5-4+. The first-order valence-electron chi connectivity index (χ1n) is 6.73. The van der Waals surface area contributed by atoms with Gasteiger partial charge in [0.15, 0.2) is 6.29 Å². The van der Waals surface area contributed by atoms with Gasteiger partial charge in [0.25, 0.3) is 0 Å². The van der Waals surface area contributed by atoms with E-state index in [4.69, 9.17) is 14.7 Å². The molecule has 100 valence electrons. The van der Waals surface area contributed by atoms with Crippen LogP contribution in [0.25, 0.3) is 0 Å². The number of hydrogen-bond acceptors (Lipinski definition) is 3. The van der Waals surface area contributed by atoms with Crippen molar-refractivity contribution in [2.45, 2.75) is 26.1 Å². The average Bonchev–Trinajstić information content (AvgIpc) is 2.48. The second kappa shape index (κ2) is 7.08. The van der Waals surface area contributed by atoms with Crippen LogP contribution in [0.2, 0.25) is 0 Å². The fourth-order valence-corrected chi connectivity index (χ4v) is 1.99. The van der Waals surface area contributed by atoms with Gasteiger partial charge < -0.3 is 9.47 Å². The van der Waals surface area contributed by atoms with Crippen LogP contribution >= 0.6 is 0 Å². The van der Waals surface area contributed by atoms with Gasteiger partial charge in [0, 0.05) is 11.5 Å². The highest BCUT2D eigenvalue weighted by Crippen LogP contribution is 2.25. The van der Waals surface area contributed by atoms with E-state index in [1.807, 2.05) is 12.1 Å². The Morgan fingerprint density at radius 3 is 2.53 bits per heavy atom. The third kappa shape index (κ3) is 3.92. The van der Waals surface area contributed by atoms with E-state index in [1.54, 1.807) is 12.1 Å². The molecule has 0 bridgehead atoms. The van der Waals surface area contributed by atoms with Gasteiger partial charge in [-0.2, -0.15) is 5.26 Å². The van der Waals surface area contributed by atoms with Crippen LogP contribution in [0.1, 0.15) is 37.2 Å². The van der Waals surface area contributed by atoms with Crippen molar-refractivity contribution < 1.29 is 9.47 Å². The molecule has 2 rings (SSSR count). The number of hydrogen-bond donors (Lipinski definition) is 0. The molecule has 0 atom stereocenters. The third-order valence-corrected chi connectivity index (χ3v) is 3.10. The van der Waals surface area contributed by atoms with Crippen molar-refractivity contribution in [3.63, 3.8) is 0 Å². The van der Waals surface area contributed by atoms with Gasteiger partial charge in [-0.1, -0.05) is 37.6 Å². The highest BCUT2D eigenvalue weighted by Gasteiger charge is 2.21. The Hall–Kier alpha value is -1.63. The summed E-state index contributed by atoms with van der Waals surface area (Å²) in [7, 11) is 0. The maximum Gasteiger partial charge on any atom is 0.183 e. The van der Waals surface area contributed by atoms with E-state index >= 15 is 0 Å². The lowest BCUT2D eigenvalue weighted by atomic mass is 10.1. The predicted octanol–water partition coefficient (Wildman–Crippen LogP) is 3.58. The SMILES string of the molecule is CCC/C=C/C1COC(c2ccc(C#N)cc2)OC1. The lowest BCUT2D eigenvalue weighted by Gasteiger charge is -2.28. The molecule has 3 nitrogen and oxygen atoms in total. The Morgan fingerprint density at radius 1 is 1.26 bits per heavy atom. The van der Waals surface area contributed by atoms with Crippen LogP contribution < -0.4 is 0 Å². The van der Waals surface area contributed by atoms with Crippen molar-refractivity contribution in [1.29, 1.82) is 5.26 Å². The highest BCUT2D eigenvalue weighted by molar-refractivity contribution is 5.32. The van der Waals surface area contributed by atoms with Gasteiger partial charge in [-0.15, -0.1) is 0 Å². The van der Waals surface area contributed by atoms with Crippen LogP contribution in [0.15, 0.2) is 36.4 Å². The van der Waals surface area contributed by atoms with Crippen molar-refractivity contribution in [2.24, 2.45) is 5.92 Å². The van der Waals surface area contributed by atoms with E-state index in [2.05, 4.69) is 25.1 Å². The molecular formula is C16H19NO2. The number of rotatable bonds is 4. The number of benzene rings is 1. The molecule has 0 aliphatic carbocycles. The van der Waals surface area contributed by atoms with Crippen LogP contribution in [0.4, 0.5) is 0 Å². The third-order valence-electron chi connectivity index (χ3n) is 3.10. The van der Waals surface area contributed by atoms with Crippen molar-refractivity contribution in [2.75, 3.05) is 13.2 Å². The monoisotopic (exact) mass is 257 g/mol. The highest BCUT2D eigenvalue weighted by atomic mass is 16.7. The van der Waals surface area contributed by atoms with Crippen LogP contribution in [0.3, 0.4) is 0 Å². The molecular weight excluding hydrogens is 238 g/mol. The molecule has 0 N–H and O–H groups in total. The second-order valence-electron chi connectivity index (χ2n) is 4.71. The Bertz CT molecular complexity index is 451. The molecule has 0 saturated carbocycles. The largest absolute Gasteiger partial charge is 0.348 e. The van der Waals surface area contributed by atoms with Crippen LogP contribution in [-0.4, -0.2) is 13.2 Å². The fraction of sp³-hybridized carbons (Fsp3) is 0.438. The maximum absolute atomic E-state index is 8.76. The van der Waals surface area contributed by atoms with Crippen molar-refractivity contribution in [3.8, 4) is 6.07 Å². The van der Waals surface area contributed by atoms with Crippen molar-refractivity contribution >= 4 is 0 Å². The van der Waals surface area contributed by atoms with Gasteiger partial charge in [0.1, 0.15) is 0 Å². The van der Waals surface area contributed by atoms with Gasteiger partial charge in [-0.25, -0.2) is 0 Å². The molecule has 1 aliphatic rings. The molecule has 19 heavy (non-hydrogen) atoms. The Labute approximate surface area is 114 Å².